The monoisotopic (exact) mass is 555 g/mol. The number of benzene rings is 1. The number of hydrogen-bond acceptors (Lipinski definition) is 8. The SMILES string of the molecule is Br.CCOC(=O)C1=C(CSC=NN)NC(CF)=C(C(=O)OC)C1c1cccc(Cl)c1Cl. The second-order valence-corrected chi connectivity index (χ2v) is 7.51. The molecule has 3 N–H and O–H groups in total. The number of rotatable bonds is 8. The molecule has 7 nitrogen and oxygen atoms in total. The molecule has 0 amide bonds. The van der Waals surface area contributed by atoms with Gasteiger partial charge in [-0.2, -0.15) is 5.10 Å². The minimum Gasteiger partial charge on any atom is -0.466 e. The molecule has 0 radical (unpaired) electrons. The summed E-state index contributed by atoms with van der Waals surface area (Å²) in [5.41, 5.74) is 2.00. The third-order valence-electron chi connectivity index (χ3n) is 4.22. The molecule has 0 bridgehead atoms. The maximum absolute atomic E-state index is 14.0. The number of nitrogens with zero attached hydrogens (tertiary/aromatic N) is 1. The Morgan fingerprint density at radius 3 is 2.55 bits per heavy atom. The third-order valence-corrected chi connectivity index (χ3v) is 5.78. The van der Waals surface area contributed by atoms with Gasteiger partial charge in [-0.3, -0.25) is 0 Å². The summed E-state index contributed by atoms with van der Waals surface area (Å²) in [5.74, 6) is 2.76. The molecule has 0 saturated carbocycles. The number of methoxy groups -OCH3 is 1. The van der Waals surface area contributed by atoms with E-state index in [4.69, 9.17) is 38.5 Å². The van der Waals surface area contributed by atoms with Crippen LogP contribution in [-0.4, -0.2) is 43.6 Å². The lowest BCUT2D eigenvalue weighted by molar-refractivity contribution is -0.139. The van der Waals surface area contributed by atoms with Crippen molar-refractivity contribution in [3.8, 4) is 0 Å². The zero-order valence-electron chi connectivity index (χ0n) is 16.6. The normalized spacial score (nSPS) is 16.1. The van der Waals surface area contributed by atoms with Gasteiger partial charge in [-0.05, 0) is 18.6 Å². The zero-order valence-corrected chi connectivity index (χ0v) is 20.7. The predicted molar refractivity (Wildman–Crippen MR) is 126 cm³/mol. The quantitative estimate of drug-likeness (QED) is 0.163. The van der Waals surface area contributed by atoms with Crippen molar-refractivity contribution in [3.63, 3.8) is 0 Å². The van der Waals surface area contributed by atoms with Gasteiger partial charge >= 0.3 is 11.9 Å². The van der Waals surface area contributed by atoms with Crippen molar-refractivity contribution in [1.29, 1.82) is 0 Å². The first-order valence-corrected chi connectivity index (χ1v) is 10.5. The number of hydrogen-bond donors (Lipinski definition) is 2. The lowest BCUT2D eigenvalue weighted by Gasteiger charge is -2.32. The molecule has 0 saturated heterocycles. The molecule has 2 rings (SSSR count). The Morgan fingerprint density at radius 1 is 1.29 bits per heavy atom. The van der Waals surface area contributed by atoms with E-state index in [0.29, 0.717) is 11.3 Å². The summed E-state index contributed by atoms with van der Waals surface area (Å²) < 4.78 is 24.0. The van der Waals surface area contributed by atoms with Gasteiger partial charge in [0.25, 0.3) is 0 Å². The first kappa shape index (κ1) is 27.3. The Kier molecular flexibility index (Phi) is 11.4. The van der Waals surface area contributed by atoms with Crippen LogP contribution in [-0.2, 0) is 19.1 Å². The number of carbonyl (C=O) groups excluding carboxylic acids is 2. The highest BCUT2D eigenvalue weighted by molar-refractivity contribution is 8.93. The van der Waals surface area contributed by atoms with E-state index in [2.05, 4.69) is 10.4 Å². The van der Waals surface area contributed by atoms with Crippen LogP contribution in [0, 0.1) is 0 Å². The fourth-order valence-electron chi connectivity index (χ4n) is 3.05. The number of hydrazone groups is 1. The minimum absolute atomic E-state index is 0. The molecule has 170 valence electrons. The summed E-state index contributed by atoms with van der Waals surface area (Å²) in [5, 5.41) is 6.57. The molecule has 0 fully saturated rings. The van der Waals surface area contributed by atoms with Crippen LogP contribution in [0.2, 0.25) is 10.0 Å². The van der Waals surface area contributed by atoms with Crippen LogP contribution >= 0.6 is 51.9 Å². The van der Waals surface area contributed by atoms with Gasteiger partial charge in [-0.1, -0.05) is 35.3 Å². The minimum atomic E-state index is -1.06. The average molecular weight is 557 g/mol. The van der Waals surface area contributed by atoms with Crippen molar-refractivity contribution in [3.05, 3.63) is 56.3 Å². The molecule has 1 atom stereocenters. The van der Waals surface area contributed by atoms with Crippen LogP contribution in [0.1, 0.15) is 18.4 Å². The second-order valence-electron chi connectivity index (χ2n) is 5.90. The largest absolute Gasteiger partial charge is 0.466 e. The number of nitrogens with one attached hydrogen (secondary N) is 1. The highest BCUT2D eigenvalue weighted by Gasteiger charge is 2.40. The Morgan fingerprint density at radius 2 is 1.97 bits per heavy atom. The first-order valence-electron chi connectivity index (χ1n) is 8.72. The Bertz CT molecular complexity index is 927. The molecule has 1 aliphatic heterocycles. The smallest absolute Gasteiger partial charge is 0.336 e. The summed E-state index contributed by atoms with van der Waals surface area (Å²) in [6, 6.07) is 4.79. The Hall–Kier alpha value is -1.75. The van der Waals surface area contributed by atoms with Crippen molar-refractivity contribution in [2.75, 3.05) is 26.1 Å². The van der Waals surface area contributed by atoms with Crippen molar-refractivity contribution in [1.82, 2.24) is 5.32 Å². The number of nitrogens with two attached hydrogens (primary N) is 1. The van der Waals surface area contributed by atoms with Gasteiger partial charge in [-0.25, -0.2) is 14.0 Å². The van der Waals surface area contributed by atoms with Crippen LogP contribution in [0.3, 0.4) is 0 Å². The number of esters is 2. The summed E-state index contributed by atoms with van der Waals surface area (Å²) in [4.78, 5) is 25.6. The van der Waals surface area contributed by atoms with E-state index in [-0.39, 0.29) is 56.2 Å². The van der Waals surface area contributed by atoms with Gasteiger partial charge in [0.05, 0.1) is 52.1 Å². The number of dihydropyridines is 1. The highest BCUT2D eigenvalue weighted by Crippen LogP contribution is 2.44. The van der Waals surface area contributed by atoms with Crippen LogP contribution in [0.25, 0.3) is 0 Å². The molecule has 1 unspecified atom stereocenters. The number of halogens is 4. The van der Waals surface area contributed by atoms with Crippen molar-refractivity contribution in [2.45, 2.75) is 12.8 Å². The van der Waals surface area contributed by atoms with Crippen LogP contribution in [0.5, 0.6) is 0 Å². The molecule has 1 aromatic rings. The molecule has 0 aliphatic carbocycles. The van der Waals surface area contributed by atoms with Crippen molar-refractivity contribution >= 4 is 69.4 Å². The Balaban J connectivity index is 0.00000480. The van der Waals surface area contributed by atoms with Gasteiger partial charge in [0.15, 0.2) is 0 Å². The number of ether oxygens (including phenoxy) is 2. The zero-order chi connectivity index (χ0) is 22.3. The van der Waals surface area contributed by atoms with E-state index in [9.17, 15) is 14.0 Å². The molecule has 1 aliphatic rings. The van der Waals surface area contributed by atoms with Crippen molar-refractivity contribution in [2.24, 2.45) is 10.9 Å². The molecule has 1 heterocycles. The number of allylic oxidation sites excluding steroid dienone is 1. The highest BCUT2D eigenvalue weighted by atomic mass is 79.9. The second kappa shape index (κ2) is 12.9. The van der Waals surface area contributed by atoms with Crippen LogP contribution < -0.4 is 11.2 Å². The van der Waals surface area contributed by atoms with E-state index in [1.54, 1.807) is 25.1 Å². The van der Waals surface area contributed by atoms with Crippen LogP contribution in [0.4, 0.5) is 4.39 Å². The fraction of sp³-hybridized carbons (Fsp3) is 0.316. The van der Waals surface area contributed by atoms with Crippen LogP contribution in [0.15, 0.2) is 45.8 Å². The topological polar surface area (TPSA) is 103 Å². The van der Waals surface area contributed by atoms with E-state index >= 15 is 0 Å². The fourth-order valence-corrected chi connectivity index (χ4v) is 4.02. The number of thioether (sulfide) groups is 1. The van der Waals surface area contributed by atoms with E-state index in [0.717, 1.165) is 0 Å². The van der Waals surface area contributed by atoms with Gasteiger partial charge in [0, 0.05) is 11.4 Å². The molecule has 0 aromatic heterocycles. The van der Waals surface area contributed by atoms with E-state index in [1.165, 1.54) is 24.4 Å². The lowest BCUT2D eigenvalue weighted by atomic mass is 9.80. The average Bonchev–Trinajstić information content (AvgIpc) is 2.74. The maximum Gasteiger partial charge on any atom is 0.336 e. The van der Waals surface area contributed by atoms with Crippen molar-refractivity contribution < 1.29 is 23.5 Å². The summed E-state index contributed by atoms with van der Waals surface area (Å²) in [6.07, 6.45) is 0. The van der Waals surface area contributed by atoms with E-state index in [1.807, 2.05) is 0 Å². The third kappa shape index (κ3) is 6.15. The predicted octanol–water partition coefficient (Wildman–Crippen LogP) is 4.11. The standard InChI is InChI=1S/C19H20Cl2FN3O4S.BrH/c1-3-29-19(27)16-13(8-30-9-24-23)25-12(7-22)15(18(26)28-2)14(16)10-5-4-6-11(20)17(10)21;/h4-6,9,14,25H,3,7-8,23H2,1-2H3;1H. The summed E-state index contributed by atoms with van der Waals surface area (Å²) in [6.45, 7) is 0.736. The lowest BCUT2D eigenvalue weighted by Crippen LogP contribution is -2.35. The first-order chi connectivity index (χ1) is 14.4. The van der Waals surface area contributed by atoms with E-state index < -0.39 is 24.5 Å². The van der Waals surface area contributed by atoms with Gasteiger partial charge in [0.1, 0.15) is 6.67 Å². The van der Waals surface area contributed by atoms with Gasteiger partial charge in [0.2, 0.25) is 0 Å². The molecule has 0 spiro atoms. The molecular formula is C19H21BrCl2FN3O4S. The maximum atomic E-state index is 14.0. The molecular weight excluding hydrogens is 536 g/mol. The molecule has 12 heteroatoms. The molecule has 1 aromatic carbocycles. The molecule has 31 heavy (non-hydrogen) atoms. The van der Waals surface area contributed by atoms with Gasteiger partial charge < -0.3 is 20.6 Å². The number of carbonyl (C=O) groups is 2. The summed E-state index contributed by atoms with van der Waals surface area (Å²) >= 11 is 13.8. The van der Waals surface area contributed by atoms with Gasteiger partial charge in [-0.15, -0.1) is 28.7 Å². The summed E-state index contributed by atoms with van der Waals surface area (Å²) in [7, 11) is 1.17. The number of alkyl halides is 1. The Labute approximate surface area is 204 Å².